The van der Waals surface area contributed by atoms with Crippen molar-refractivity contribution in [3.63, 3.8) is 0 Å². The molecule has 0 atom stereocenters. The Morgan fingerprint density at radius 3 is 2.70 bits per heavy atom. The number of nitrogens with one attached hydrogen (secondary N) is 1. The highest BCUT2D eigenvalue weighted by molar-refractivity contribution is 6.04. The monoisotopic (exact) mass is 410 g/mol. The fourth-order valence-corrected chi connectivity index (χ4v) is 3.01. The van der Waals surface area contributed by atoms with Gasteiger partial charge in [-0.1, -0.05) is 30.3 Å². The second-order valence-corrected chi connectivity index (χ2v) is 6.60. The molecule has 8 nitrogen and oxygen atoms in total. The van der Waals surface area contributed by atoms with E-state index in [-0.39, 0.29) is 12.5 Å². The third-order valence-electron chi connectivity index (χ3n) is 4.52. The Balaban J connectivity index is 1.75. The van der Waals surface area contributed by atoms with E-state index in [2.05, 4.69) is 15.4 Å². The average Bonchev–Trinajstić information content (AvgIpc) is 3.20. The van der Waals surface area contributed by atoms with E-state index in [9.17, 15) is 9.59 Å². The van der Waals surface area contributed by atoms with Gasteiger partial charge in [0.15, 0.2) is 12.3 Å². The Hall–Kier alpha value is -3.26. The minimum Gasteiger partial charge on any atom is -0.452 e. The molecule has 3 aromatic rings. The highest BCUT2D eigenvalue weighted by Gasteiger charge is 2.19. The summed E-state index contributed by atoms with van der Waals surface area (Å²) in [5.41, 5.74) is 2.46. The van der Waals surface area contributed by atoms with Crippen LogP contribution in [0, 0.1) is 0 Å². The zero-order valence-electron chi connectivity index (χ0n) is 17.3. The number of fused-ring (bicyclic) bond motifs is 1. The summed E-state index contributed by atoms with van der Waals surface area (Å²) in [6, 6.07) is 11.3. The Labute approximate surface area is 175 Å². The molecule has 0 fully saturated rings. The fourth-order valence-electron chi connectivity index (χ4n) is 3.01. The van der Waals surface area contributed by atoms with Crippen molar-refractivity contribution < 1.29 is 19.1 Å². The van der Waals surface area contributed by atoms with Crippen LogP contribution < -0.4 is 5.32 Å². The van der Waals surface area contributed by atoms with Gasteiger partial charge >= 0.3 is 5.97 Å². The predicted octanol–water partition coefficient (Wildman–Crippen LogP) is 2.82. The van der Waals surface area contributed by atoms with Gasteiger partial charge in [-0.3, -0.25) is 4.79 Å². The highest BCUT2D eigenvalue weighted by Crippen LogP contribution is 2.25. The van der Waals surface area contributed by atoms with E-state index in [0.717, 1.165) is 5.56 Å². The first kappa shape index (κ1) is 21.4. The first-order valence-corrected chi connectivity index (χ1v) is 10.1. The number of rotatable bonds is 10. The lowest BCUT2D eigenvalue weighted by Crippen LogP contribution is -2.30. The number of esters is 1. The minimum atomic E-state index is -0.584. The van der Waals surface area contributed by atoms with E-state index in [4.69, 9.17) is 9.47 Å². The summed E-state index contributed by atoms with van der Waals surface area (Å²) in [6.07, 6.45) is 2.31. The molecule has 0 spiro atoms. The van der Waals surface area contributed by atoms with E-state index in [1.54, 1.807) is 16.9 Å². The van der Waals surface area contributed by atoms with Crippen LogP contribution in [0.25, 0.3) is 22.3 Å². The number of nitrogens with zero attached hydrogens (tertiary/aromatic N) is 3. The maximum absolute atomic E-state index is 12.8. The quantitative estimate of drug-likeness (QED) is 0.408. The van der Waals surface area contributed by atoms with Crippen molar-refractivity contribution in [2.24, 2.45) is 0 Å². The summed E-state index contributed by atoms with van der Waals surface area (Å²) in [5, 5.41) is 7.61. The molecule has 30 heavy (non-hydrogen) atoms. The molecule has 0 radical (unpaired) electrons. The molecule has 158 valence electrons. The van der Waals surface area contributed by atoms with Crippen LogP contribution in [-0.2, 0) is 20.8 Å². The van der Waals surface area contributed by atoms with Gasteiger partial charge in [-0.05, 0) is 26.3 Å². The molecule has 0 aliphatic heterocycles. The van der Waals surface area contributed by atoms with Crippen molar-refractivity contribution >= 4 is 22.9 Å². The van der Waals surface area contributed by atoms with Crippen LogP contribution in [-0.4, -0.2) is 53.0 Å². The van der Waals surface area contributed by atoms with Crippen molar-refractivity contribution in [1.29, 1.82) is 0 Å². The topological polar surface area (TPSA) is 95.3 Å². The summed E-state index contributed by atoms with van der Waals surface area (Å²) >= 11 is 0. The maximum atomic E-state index is 12.8. The number of aromatic nitrogens is 3. The molecule has 2 heterocycles. The number of carbonyl (C=O) groups is 2. The number of hydrogen-bond donors (Lipinski definition) is 1. The van der Waals surface area contributed by atoms with Gasteiger partial charge in [-0.25, -0.2) is 14.5 Å². The normalized spacial score (nSPS) is 10.9. The lowest BCUT2D eigenvalue weighted by Gasteiger charge is -2.09. The molecule has 0 unspecified atom stereocenters. The summed E-state index contributed by atoms with van der Waals surface area (Å²) in [5.74, 6) is -0.933. The minimum absolute atomic E-state index is 0.336. The Morgan fingerprint density at radius 2 is 1.97 bits per heavy atom. The number of carbonyl (C=O) groups excluding carboxylic acids is 2. The smallest absolute Gasteiger partial charge is 0.339 e. The Kier molecular flexibility index (Phi) is 7.51. The van der Waals surface area contributed by atoms with E-state index in [1.165, 1.54) is 0 Å². The molecule has 0 saturated heterocycles. The third kappa shape index (κ3) is 5.21. The number of benzene rings is 1. The average molecular weight is 410 g/mol. The standard InChI is InChI=1S/C22H26N4O4/c1-3-26-21-18(14-24-26)17(13-19(25-21)16-9-6-5-7-10-16)22(28)30-15-20(27)23-11-8-12-29-4-2/h5-7,9-10,13-14H,3-4,8,11-12,15H2,1-2H3,(H,23,27). The zero-order chi connectivity index (χ0) is 21.3. The van der Waals surface area contributed by atoms with Crippen molar-refractivity contribution in [2.75, 3.05) is 26.4 Å². The first-order chi connectivity index (χ1) is 14.6. The van der Waals surface area contributed by atoms with Gasteiger partial charge in [0.05, 0.1) is 22.8 Å². The van der Waals surface area contributed by atoms with Gasteiger partial charge in [-0.15, -0.1) is 0 Å². The maximum Gasteiger partial charge on any atom is 0.339 e. The number of pyridine rings is 1. The van der Waals surface area contributed by atoms with Crippen molar-refractivity contribution in [3.8, 4) is 11.3 Å². The molecule has 0 aliphatic carbocycles. The van der Waals surface area contributed by atoms with E-state index < -0.39 is 5.97 Å². The van der Waals surface area contributed by atoms with Gasteiger partial charge in [0.1, 0.15) is 0 Å². The molecule has 0 bridgehead atoms. The van der Waals surface area contributed by atoms with E-state index in [1.807, 2.05) is 44.2 Å². The van der Waals surface area contributed by atoms with Crippen molar-refractivity contribution in [2.45, 2.75) is 26.8 Å². The zero-order valence-corrected chi connectivity index (χ0v) is 17.3. The fraction of sp³-hybridized carbons (Fsp3) is 0.364. The number of hydrogen-bond acceptors (Lipinski definition) is 6. The van der Waals surface area contributed by atoms with E-state index >= 15 is 0 Å². The van der Waals surface area contributed by atoms with Crippen LogP contribution in [0.2, 0.25) is 0 Å². The van der Waals surface area contributed by atoms with Crippen molar-refractivity contribution in [1.82, 2.24) is 20.1 Å². The summed E-state index contributed by atoms with van der Waals surface area (Å²) in [6.45, 7) is 5.84. The molecule has 0 saturated carbocycles. The molecule has 1 aromatic carbocycles. The molecule has 1 N–H and O–H groups in total. The summed E-state index contributed by atoms with van der Waals surface area (Å²) < 4.78 is 12.2. The molecule has 8 heteroatoms. The number of amides is 1. The van der Waals surface area contributed by atoms with Crippen LogP contribution >= 0.6 is 0 Å². The molecule has 2 aromatic heterocycles. The molecule has 1 amide bonds. The van der Waals surface area contributed by atoms with Crippen LogP contribution in [0.5, 0.6) is 0 Å². The van der Waals surface area contributed by atoms with Crippen molar-refractivity contribution in [3.05, 3.63) is 48.2 Å². The molecular formula is C22H26N4O4. The third-order valence-corrected chi connectivity index (χ3v) is 4.52. The second kappa shape index (κ2) is 10.5. The summed E-state index contributed by atoms with van der Waals surface area (Å²) in [4.78, 5) is 29.4. The van der Waals surface area contributed by atoms with Gasteiger partial charge < -0.3 is 14.8 Å². The molecular weight excluding hydrogens is 384 g/mol. The van der Waals surface area contributed by atoms with E-state index in [0.29, 0.717) is 55.0 Å². The van der Waals surface area contributed by atoms with Crippen LogP contribution in [0.4, 0.5) is 0 Å². The second-order valence-electron chi connectivity index (χ2n) is 6.60. The predicted molar refractivity (Wildman–Crippen MR) is 113 cm³/mol. The SMILES string of the molecule is CCOCCCNC(=O)COC(=O)c1cc(-c2ccccc2)nc2c1cnn2CC. The van der Waals surface area contributed by atoms with Gasteiger partial charge in [-0.2, -0.15) is 5.10 Å². The molecule has 0 aliphatic rings. The van der Waals surface area contributed by atoms with Gasteiger partial charge in [0, 0.05) is 31.9 Å². The largest absolute Gasteiger partial charge is 0.452 e. The first-order valence-electron chi connectivity index (χ1n) is 10.1. The highest BCUT2D eigenvalue weighted by atomic mass is 16.5. The van der Waals surface area contributed by atoms with Crippen LogP contribution in [0.15, 0.2) is 42.6 Å². The van der Waals surface area contributed by atoms with Gasteiger partial charge in [0.25, 0.3) is 5.91 Å². The Bertz CT molecular complexity index is 1000. The lowest BCUT2D eigenvalue weighted by atomic mass is 10.1. The van der Waals surface area contributed by atoms with Crippen LogP contribution in [0.1, 0.15) is 30.6 Å². The molecule has 3 rings (SSSR count). The lowest BCUT2D eigenvalue weighted by molar-refractivity contribution is -0.124. The Morgan fingerprint density at radius 1 is 1.17 bits per heavy atom. The summed E-state index contributed by atoms with van der Waals surface area (Å²) in [7, 11) is 0. The number of ether oxygens (including phenoxy) is 2. The number of aryl methyl sites for hydroxylation is 1. The van der Waals surface area contributed by atoms with Gasteiger partial charge in [0.2, 0.25) is 0 Å². The van der Waals surface area contributed by atoms with Crippen LogP contribution in [0.3, 0.4) is 0 Å².